The number of carbonyl (C=O) groups is 1. The van der Waals surface area contributed by atoms with E-state index in [2.05, 4.69) is 11.9 Å². The van der Waals surface area contributed by atoms with E-state index < -0.39 is 10.1 Å². The van der Waals surface area contributed by atoms with E-state index >= 15 is 0 Å². The van der Waals surface area contributed by atoms with E-state index in [1.54, 1.807) is 6.92 Å². The van der Waals surface area contributed by atoms with Gasteiger partial charge in [-0.1, -0.05) is 13.5 Å². The Kier molecular flexibility index (Phi) is 9.77. The van der Waals surface area contributed by atoms with E-state index in [0.29, 0.717) is 0 Å². The molecule has 78 valence electrons. The molecule has 0 bridgehead atoms. The zero-order chi connectivity index (χ0) is 10.5. The van der Waals surface area contributed by atoms with Gasteiger partial charge in [-0.2, -0.15) is 8.42 Å². The van der Waals surface area contributed by atoms with Crippen molar-refractivity contribution in [3.8, 4) is 0 Å². The Morgan fingerprint density at radius 3 is 2.50 bits per heavy atom. The van der Waals surface area contributed by atoms with Gasteiger partial charge in [-0.05, 0) is 12.0 Å². The zero-order valence-corrected chi connectivity index (χ0v) is 8.17. The van der Waals surface area contributed by atoms with Gasteiger partial charge in [0, 0.05) is 6.54 Å². The van der Waals surface area contributed by atoms with Crippen LogP contribution in [0.4, 0.5) is 0 Å². The molecule has 0 aromatic carbocycles. The van der Waals surface area contributed by atoms with E-state index in [9.17, 15) is 13.2 Å². The molecule has 14 heavy (non-hydrogen) atoms. The van der Waals surface area contributed by atoms with Gasteiger partial charge in [-0.15, -0.1) is 0 Å². The SMILES string of the molecule is C=CC(=O)NC[C@H](C)CS(=O)(=O)O.[KH]. The predicted molar refractivity (Wildman–Crippen MR) is 55.9 cm³/mol. The summed E-state index contributed by atoms with van der Waals surface area (Å²) in [5.41, 5.74) is 0. The van der Waals surface area contributed by atoms with Crippen LogP contribution in [-0.2, 0) is 14.9 Å². The maximum absolute atomic E-state index is 10.6. The van der Waals surface area contributed by atoms with Crippen LogP contribution in [0.3, 0.4) is 0 Å². The average Bonchev–Trinajstić information content (AvgIpc) is 1.97. The Morgan fingerprint density at radius 1 is 1.64 bits per heavy atom. The standard InChI is InChI=1S/C7H13NO4S.K.H/c1-3-7(9)8-4-6(2)5-13(10,11)12;;/h3,6H,1,4-5H2,2H3,(H,8,9)(H,10,11,12);;/t6-;;/m0../s1. The Morgan fingerprint density at radius 2 is 2.14 bits per heavy atom. The second-order valence-corrected chi connectivity index (χ2v) is 4.30. The molecule has 5 nitrogen and oxygen atoms in total. The number of rotatable bonds is 5. The van der Waals surface area contributed by atoms with Crippen LogP contribution in [-0.4, -0.2) is 82.6 Å². The van der Waals surface area contributed by atoms with E-state index in [4.69, 9.17) is 4.55 Å². The molecule has 0 unspecified atom stereocenters. The third kappa shape index (κ3) is 10.8. The van der Waals surface area contributed by atoms with Gasteiger partial charge in [0.05, 0.1) is 5.75 Å². The summed E-state index contributed by atoms with van der Waals surface area (Å²) in [6.07, 6.45) is 1.10. The molecule has 1 amide bonds. The molecule has 0 fully saturated rings. The molecule has 1 atom stereocenters. The van der Waals surface area contributed by atoms with Crippen LogP contribution >= 0.6 is 0 Å². The quantitative estimate of drug-likeness (QED) is 0.377. The fourth-order valence-electron chi connectivity index (χ4n) is 0.765. The molecule has 0 aromatic rings. The van der Waals surface area contributed by atoms with Gasteiger partial charge in [0.2, 0.25) is 5.91 Å². The van der Waals surface area contributed by atoms with Crippen LogP contribution < -0.4 is 5.32 Å². The zero-order valence-electron chi connectivity index (χ0n) is 7.36. The van der Waals surface area contributed by atoms with Crippen LogP contribution in [0.1, 0.15) is 6.92 Å². The molecule has 0 radical (unpaired) electrons. The summed E-state index contributed by atoms with van der Waals surface area (Å²) in [5, 5.41) is 2.42. The molecule has 0 aliphatic rings. The summed E-state index contributed by atoms with van der Waals surface area (Å²) in [5.74, 6) is -1.04. The molecule has 7 heteroatoms. The van der Waals surface area contributed by atoms with Gasteiger partial charge in [0.15, 0.2) is 0 Å². The molecule has 0 aliphatic carbocycles. The Bertz CT molecular complexity index is 288. The summed E-state index contributed by atoms with van der Waals surface area (Å²) >= 11 is 0. The first kappa shape index (κ1) is 17.2. The van der Waals surface area contributed by atoms with Gasteiger partial charge >= 0.3 is 51.4 Å². The van der Waals surface area contributed by atoms with Crippen LogP contribution in [0, 0.1) is 5.92 Å². The van der Waals surface area contributed by atoms with Crippen LogP contribution in [0.5, 0.6) is 0 Å². The number of hydrogen-bond acceptors (Lipinski definition) is 3. The van der Waals surface area contributed by atoms with Gasteiger partial charge < -0.3 is 5.32 Å². The van der Waals surface area contributed by atoms with Crippen molar-refractivity contribution in [1.82, 2.24) is 5.32 Å². The third-order valence-electron chi connectivity index (χ3n) is 1.31. The van der Waals surface area contributed by atoms with E-state index in [0.717, 1.165) is 6.08 Å². The summed E-state index contributed by atoms with van der Waals surface area (Å²) in [6, 6.07) is 0. The van der Waals surface area contributed by atoms with Gasteiger partial charge in [-0.3, -0.25) is 9.35 Å². The van der Waals surface area contributed by atoms with Crippen molar-refractivity contribution < 1.29 is 17.8 Å². The van der Waals surface area contributed by atoms with E-state index in [-0.39, 0.29) is 75.5 Å². The molecule has 0 heterocycles. The van der Waals surface area contributed by atoms with Crippen LogP contribution in [0.25, 0.3) is 0 Å². The van der Waals surface area contributed by atoms with Crippen molar-refractivity contribution in [1.29, 1.82) is 0 Å². The Balaban J connectivity index is 0. The van der Waals surface area contributed by atoms with Crippen LogP contribution in [0.2, 0.25) is 0 Å². The van der Waals surface area contributed by atoms with Gasteiger partial charge in [-0.25, -0.2) is 0 Å². The number of amides is 1. The Hall–Kier alpha value is 0.756. The Labute approximate surface area is 127 Å². The number of nitrogens with one attached hydrogen (secondary N) is 1. The van der Waals surface area contributed by atoms with E-state index in [1.165, 1.54) is 0 Å². The van der Waals surface area contributed by atoms with Crippen molar-refractivity contribution >= 4 is 67.4 Å². The molecule has 0 saturated heterocycles. The van der Waals surface area contributed by atoms with Crippen molar-refractivity contribution in [2.24, 2.45) is 5.92 Å². The monoisotopic (exact) mass is 247 g/mol. The summed E-state index contributed by atoms with van der Waals surface area (Å²) < 4.78 is 29.2. The first-order chi connectivity index (χ1) is 5.85. The van der Waals surface area contributed by atoms with Gasteiger partial charge in [0.1, 0.15) is 0 Å². The normalized spacial score (nSPS) is 12.4. The fraction of sp³-hybridized carbons (Fsp3) is 0.571. The number of carbonyl (C=O) groups excluding carboxylic acids is 1. The van der Waals surface area contributed by atoms with E-state index in [1.807, 2.05) is 0 Å². The molecule has 0 aromatic heterocycles. The topological polar surface area (TPSA) is 83.5 Å². The molecule has 0 aliphatic heterocycles. The molecular formula is C7H14KNO4S. The molecule has 0 spiro atoms. The van der Waals surface area contributed by atoms with Crippen molar-refractivity contribution in [3.63, 3.8) is 0 Å². The first-order valence-corrected chi connectivity index (χ1v) is 5.31. The van der Waals surface area contributed by atoms with Crippen molar-refractivity contribution in [3.05, 3.63) is 12.7 Å². The second kappa shape index (κ2) is 7.97. The maximum atomic E-state index is 10.6. The molecule has 0 saturated carbocycles. The molecule has 0 rings (SSSR count). The summed E-state index contributed by atoms with van der Waals surface area (Å²) in [6.45, 7) is 5.04. The molecule has 2 N–H and O–H groups in total. The average molecular weight is 247 g/mol. The summed E-state index contributed by atoms with van der Waals surface area (Å²) in [4.78, 5) is 10.6. The number of hydrogen-bond donors (Lipinski definition) is 2. The molecular weight excluding hydrogens is 233 g/mol. The third-order valence-corrected chi connectivity index (χ3v) is 2.30. The predicted octanol–water partition coefficient (Wildman–Crippen LogP) is -0.836. The van der Waals surface area contributed by atoms with Crippen molar-refractivity contribution in [2.75, 3.05) is 12.3 Å². The summed E-state index contributed by atoms with van der Waals surface area (Å²) in [7, 11) is -3.96. The fourth-order valence-corrected chi connectivity index (χ4v) is 1.60. The minimum atomic E-state index is -3.96. The second-order valence-electron chi connectivity index (χ2n) is 2.80. The minimum absolute atomic E-state index is 0. The van der Waals surface area contributed by atoms with Crippen molar-refractivity contribution in [2.45, 2.75) is 6.92 Å². The first-order valence-electron chi connectivity index (χ1n) is 3.70. The van der Waals surface area contributed by atoms with Gasteiger partial charge in [0.25, 0.3) is 10.1 Å². The van der Waals surface area contributed by atoms with Crippen LogP contribution in [0.15, 0.2) is 12.7 Å².